The second kappa shape index (κ2) is 9.79. The Hall–Kier alpha value is -1.82. The van der Waals surface area contributed by atoms with Crippen LogP contribution in [-0.4, -0.2) is 0 Å². The Morgan fingerprint density at radius 1 is 0.517 bits per heavy atom. The van der Waals surface area contributed by atoms with Gasteiger partial charge in [0, 0.05) is 0 Å². The molecule has 146 valence electrons. The Morgan fingerprint density at radius 2 is 0.931 bits per heavy atom. The van der Waals surface area contributed by atoms with Crippen LogP contribution in [0, 0.1) is 0 Å². The molecule has 4 rings (SSSR count). The zero-order valence-corrected chi connectivity index (χ0v) is 18.8. The van der Waals surface area contributed by atoms with E-state index in [0.29, 0.717) is 10.0 Å². The fraction of sp³-hybridized carbons (Fsp3) is 0.0400. The van der Waals surface area contributed by atoms with E-state index in [-0.39, 0.29) is 12.4 Å². The van der Waals surface area contributed by atoms with E-state index in [1.54, 1.807) is 0 Å². The lowest BCUT2D eigenvalue weighted by Crippen LogP contribution is -3.00. The van der Waals surface area contributed by atoms with Crippen molar-refractivity contribution in [2.24, 2.45) is 0 Å². The molecule has 0 bridgehead atoms. The SMILES string of the molecule is Clc1ccc(C[P+](c2ccccc2)(c2ccccc2)c2ccccc2)cc1Cl.[Cl-]. The molecule has 0 spiro atoms. The molecule has 0 aliphatic heterocycles. The fourth-order valence-electron chi connectivity index (χ4n) is 3.68. The van der Waals surface area contributed by atoms with Crippen LogP contribution >= 0.6 is 30.5 Å². The normalized spacial score (nSPS) is 11.0. The average molecular weight is 458 g/mol. The predicted molar refractivity (Wildman–Crippen MR) is 125 cm³/mol. The lowest BCUT2D eigenvalue weighted by Gasteiger charge is -2.28. The van der Waals surface area contributed by atoms with Crippen LogP contribution < -0.4 is 28.3 Å². The summed E-state index contributed by atoms with van der Waals surface area (Å²) in [6, 6.07) is 38.5. The smallest absolute Gasteiger partial charge is 0.116 e. The molecule has 0 atom stereocenters. The second-order valence-corrected chi connectivity index (χ2v) is 11.0. The summed E-state index contributed by atoms with van der Waals surface area (Å²) in [5.41, 5.74) is 1.19. The summed E-state index contributed by atoms with van der Waals surface area (Å²) in [5.74, 6) is 0. The Morgan fingerprint density at radius 3 is 1.31 bits per heavy atom. The standard InChI is InChI=1S/C25H20Cl2P.ClH/c26-24-17-16-20(18-25(24)27)19-28(21-10-4-1-5-11-21,22-12-6-2-7-13-22)23-14-8-3-9-15-23;/h1-18H,19H2;1H/q+1;/p-1. The topological polar surface area (TPSA) is 0 Å². The zero-order valence-electron chi connectivity index (χ0n) is 15.7. The van der Waals surface area contributed by atoms with Gasteiger partial charge in [-0.3, -0.25) is 0 Å². The molecule has 29 heavy (non-hydrogen) atoms. The minimum Gasteiger partial charge on any atom is -1.00 e. The van der Waals surface area contributed by atoms with Crippen LogP contribution in [0.2, 0.25) is 10.0 Å². The van der Waals surface area contributed by atoms with E-state index < -0.39 is 7.26 Å². The van der Waals surface area contributed by atoms with Gasteiger partial charge in [0.05, 0.1) is 16.2 Å². The molecule has 0 N–H and O–H groups in total. The summed E-state index contributed by atoms with van der Waals surface area (Å²) >= 11 is 12.5. The van der Waals surface area contributed by atoms with Crippen LogP contribution in [-0.2, 0) is 6.16 Å². The van der Waals surface area contributed by atoms with Gasteiger partial charge in [-0.25, -0.2) is 0 Å². The van der Waals surface area contributed by atoms with Crippen molar-refractivity contribution in [3.05, 3.63) is 125 Å². The fourth-order valence-corrected chi connectivity index (χ4v) is 8.23. The molecule has 4 aromatic rings. The Labute approximate surface area is 189 Å². The van der Waals surface area contributed by atoms with Gasteiger partial charge < -0.3 is 12.4 Å². The molecule has 0 aliphatic rings. The summed E-state index contributed by atoms with van der Waals surface area (Å²) in [5, 5.41) is 5.27. The van der Waals surface area contributed by atoms with Crippen molar-refractivity contribution in [1.29, 1.82) is 0 Å². The quantitative estimate of drug-likeness (QED) is 0.403. The highest BCUT2D eigenvalue weighted by Gasteiger charge is 2.45. The third kappa shape index (κ3) is 4.52. The van der Waals surface area contributed by atoms with E-state index in [1.165, 1.54) is 21.5 Å². The van der Waals surface area contributed by atoms with E-state index >= 15 is 0 Å². The first-order chi connectivity index (χ1) is 13.7. The Bertz CT molecular complexity index is 955. The molecule has 0 nitrogen and oxygen atoms in total. The molecule has 0 fully saturated rings. The Kier molecular flexibility index (Phi) is 7.38. The number of rotatable bonds is 5. The Balaban J connectivity index is 0.00000240. The van der Waals surface area contributed by atoms with Crippen molar-refractivity contribution in [2.45, 2.75) is 6.16 Å². The van der Waals surface area contributed by atoms with Gasteiger partial charge in [-0.15, -0.1) is 0 Å². The molecular weight excluding hydrogens is 438 g/mol. The van der Waals surface area contributed by atoms with Crippen molar-refractivity contribution in [3.63, 3.8) is 0 Å². The highest BCUT2D eigenvalue weighted by Crippen LogP contribution is 2.58. The van der Waals surface area contributed by atoms with Crippen LogP contribution in [0.4, 0.5) is 0 Å². The molecule has 0 amide bonds. The largest absolute Gasteiger partial charge is 1.00 e. The number of benzene rings is 4. The first kappa shape index (κ1) is 21.9. The summed E-state index contributed by atoms with van der Waals surface area (Å²) in [6.07, 6.45) is 0.891. The summed E-state index contributed by atoms with van der Waals surface area (Å²) < 4.78 is 0. The van der Waals surface area contributed by atoms with Crippen LogP contribution in [0.15, 0.2) is 109 Å². The minimum atomic E-state index is -1.91. The van der Waals surface area contributed by atoms with Crippen molar-refractivity contribution in [1.82, 2.24) is 0 Å². The first-order valence-electron chi connectivity index (χ1n) is 9.19. The van der Waals surface area contributed by atoms with E-state index in [4.69, 9.17) is 23.2 Å². The molecule has 0 heterocycles. The molecular formula is C25H20Cl3P. The lowest BCUT2D eigenvalue weighted by molar-refractivity contribution is -0.00000524. The van der Waals surface area contributed by atoms with Crippen LogP contribution in [0.3, 0.4) is 0 Å². The van der Waals surface area contributed by atoms with E-state index in [1.807, 2.05) is 12.1 Å². The molecule has 4 aromatic carbocycles. The zero-order chi connectivity index (χ0) is 19.4. The lowest BCUT2D eigenvalue weighted by atomic mass is 10.2. The highest BCUT2D eigenvalue weighted by molar-refractivity contribution is 7.95. The second-order valence-electron chi connectivity index (χ2n) is 6.72. The van der Waals surface area contributed by atoms with E-state index in [9.17, 15) is 0 Å². The molecule has 0 saturated carbocycles. The molecule has 0 aromatic heterocycles. The van der Waals surface area contributed by atoms with Crippen molar-refractivity contribution < 1.29 is 12.4 Å². The maximum atomic E-state index is 6.36. The minimum absolute atomic E-state index is 0. The number of hydrogen-bond acceptors (Lipinski definition) is 0. The highest BCUT2D eigenvalue weighted by atomic mass is 35.5. The van der Waals surface area contributed by atoms with Gasteiger partial charge >= 0.3 is 0 Å². The third-order valence-corrected chi connectivity index (χ3v) is 10.1. The number of halogens is 3. The van der Waals surface area contributed by atoms with Gasteiger partial charge in [0.15, 0.2) is 0 Å². The van der Waals surface area contributed by atoms with E-state index in [0.717, 1.165) is 6.16 Å². The summed E-state index contributed by atoms with van der Waals surface area (Å²) in [4.78, 5) is 0. The molecule has 0 saturated heterocycles. The van der Waals surface area contributed by atoms with Gasteiger partial charge in [-0.2, -0.15) is 0 Å². The van der Waals surface area contributed by atoms with Gasteiger partial charge in [0.25, 0.3) is 0 Å². The van der Waals surface area contributed by atoms with Crippen molar-refractivity contribution >= 4 is 46.4 Å². The molecule has 0 unspecified atom stereocenters. The molecule has 0 aliphatic carbocycles. The van der Waals surface area contributed by atoms with Crippen LogP contribution in [0.5, 0.6) is 0 Å². The molecule has 4 heteroatoms. The average Bonchev–Trinajstić information content (AvgIpc) is 2.76. The van der Waals surface area contributed by atoms with Gasteiger partial charge in [-0.1, -0.05) is 83.9 Å². The summed E-state index contributed by atoms with van der Waals surface area (Å²) in [6.45, 7) is 0. The van der Waals surface area contributed by atoms with Gasteiger partial charge in [-0.05, 0) is 54.1 Å². The van der Waals surface area contributed by atoms with Crippen LogP contribution in [0.25, 0.3) is 0 Å². The van der Waals surface area contributed by atoms with Crippen molar-refractivity contribution in [3.8, 4) is 0 Å². The molecule has 0 radical (unpaired) electrons. The monoisotopic (exact) mass is 456 g/mol. The van der Waals surface area contributed by atoms with E-state index in [2.05, 4.69) is 97.1 Å². The van der Waals surface area contributed by atoms with Gasteiger partial charge in [0.2, 0.25) is 0 Å². The predicted octanol–water partition coefficient (Wildman–Crippen LogP) is 3.49. The van der Waals surface area contributed by atoms with Crippen LogP contribution in [0.1, 0.15) is 5.56 Å². The maximum Gasteiger partial charge on any atom is 0.116 e. The number of hydrogen-bond donors (Lipinski definition) is 0. The summed E-state index contributed by atoms with van der Waals surface area (Å²) in [7, 11) is -1.91. The van der Waals surface area contributed by atoms with Gasteiger partial charge in [0.1, 0.15) is 23.2 Å². The third-order valence-electron chi connectivity index (χ3n) is 4.99. The first-order valence-corrected chi connectivity index (χ1v) is 11.9. The van der Waals surface area contributed by atoms with Crippen molar-refractivity contribution in [2.75, 3.05) is 0 Å². The maximum absolute atomic E-state index is 6.36.